The van der Waals surface area contributed by atoms with Gasteiger partial charge in [-0.15, -0.1) is 0 Å². The van der Waals surface area contributed by atoms with Gasteiger partial charge in [0.1, 0.15) is 11.6 Å². The molecule has 154 valence electrons. The lowest BCUT2D eigenvalue weighted by Crippen LogP contribution is -2.32. The average Bonchev–Trinajstić information content (AvgIpc) is 3.50. The van der Waals surface area contributed by atoms with Crippen LogP contribution in [0.1, 0.15) is 31.1 Å². The van der Waals surface area contributed by atoms with Crippen molar-refractivity contribution in [3.63, 3.8) is 0 Å². The maximum Gasteiger partial charge on any atom is 0.231 e. The molecule has 3 aromatic rings. The first-order valence-electron chi connectivity index (χ1n) is 10.2. The maximum atomic E-state index is 13.2. The van der Waals surface area contributed by atoms with Crippen LogP contribution in [0.4, 0.5) is 10.1 Å². The van der Waals surface area contributed by atoms with Crippen molar-refractivity contribution in [2.24, 2.45) is 17.8 Å². The van der Waals surface area contributed by atoms with E-state index in [1.165, 1.54) is 12.1 Å². The predicted octanol–water partition coefficient (Wildman–Crippen LogP) is 4.65. The fourth-order valence-corrected chi connectivity index (χ4v) is 5.04. The van der Waals surface area contributed by atoms with Gasteiger partial charge in [0, 0.05) is 17.3 Å². The number of amides is 1. The molecule has 0 aliphatic heterocycles. The Balaban J connectivity index is 1.40. The summed E-state index contributed by atoms with van der Waals surface area (Å²) in [6.07, 6.45) is 3.10. The van der Waals surface area contributed by atoms with Crippen LogP contribution in [-0.4, -0.2) is 23.2 Å². The number of anilines is 1. The molecule has 6 nitrogen and oxygen atoms in total. The second kappa shape index (κ2) is 7.55. The minimum atomic E-state index is -0.315. The van der Waals surface area contributed by atoms with Crippen molar-refractivity contribution in [2.45, 2.75) is 25.2 Å². The topological polar surface area (TPSA) is 77.2 Å². The summed E-state index contributed by atoms with van der Waals surface area (Å²) in [7, 11) is 1.60. The van der Waals surface area contributed by atoms with E-state index in [1.807, 2.05) is 18.2 Å². The van der Waals surface area contributed by atoms with E-state index in [4.69, 9.17) is 9.26 Å². The number of fused-ring (bicyclic) bond motifs is 2. The van der Waals surface area contributed by atoms with E-state index >= 15 is 0 Å². The number of nitrogens with zero attached hydrogens (tertiary/aromatic N) is 2. The summed E-state index contributed by atoms with van der Waals surface area (Å²) in [6.45, 7) is 0. The Hall–Kier alpha value is -3.22. The number of rotatable bonds is 5. The summed E-state index contributed by atoms with van der Waals surface area (Å²) in [5.41, 5.74) is 1.39. The van der Waals surface area contributed by atoms with Crippen LogP contribution in [0, 0.1) is 23.6 Å². The number of methoxy groups -OCH3 is 1. The second-order valence-electron chi connectivity index (χ2n) is 8.07. The number of hydrogen-bond acceptors (Lipinski definition) is 5. The number of benzene rings is 2. The monoisotopic (exact) mass is 407 g/mol. The first-order chi connectivity index (χ1) is 14.6. The SMILES string of the molecule is COc1cccc(NC(=O)[C@H]2[C@H]3CC[C@H](C3)[C@@H]2c2nc(-c3ccc(F)cc3)no2)c1. The predicted molar refractivity (Wildman–Crippen MR) is 108 cm³/mol. The standard InChI is InChI=1S/C23H22FN3O3/c1-29-18-4-2-3-17(12-18)25-22(28)19-14-5-6-15(11-14)20(19)23-26-21(27-30-23)13-7-9-16(24)10-8-13/h2-4,7-10,12,14-15,19-20H,5-6,11H2,1H3,(H,25,28)/t14-,15+,19-,20-/m0/s1. The van der Waals surface area contributed by atoms with Crippen molar-refractivity contribution in [3.05, 3.63) is 60.2 Å². The third-order valence-corrected chi connectivity index (χ3v) is 6.39. The highest BCUT2D eigenvalue weighted by atomic mass is 19.1. The first kappa shape index (κ1) is 18.8. The van der Waals surface area contributed by atoms with E-state index in [0.29, 0.717) is 40.6 Å². The molecule has 1 aromatic heterocycles. The van der Waals surface area contributed by atoms with Gasteiger partial charge in [-0.3, -0.25) is 4.79 Å². The Morgan fingerprint density at radius 2 is 1.97 bits per heavy atom. The lowest BCUT2D eigenvalue weighted by Gasteiger charge is -2.27. The number of aromatic nitrogens is 2. The third-order valence-electron chi connectivity index (χ3n) is 6.39. The fraction of sp³-hybridized carbons (Fsp3) is 0.348. The van der Waals surface area contributed by atoms with Crippen molar-refractivity contribution in [3.8, 4) is 17.1 Å². The zero-order valence-corrected chi connectivity index (χ0v) is 16.5. The minimum Gasteiger partial charge on any atom is -0.497 e. The molecule has 2 aromatic carbocycles. The third kappa shape index (κ3) is 3.34. The van der Waals surface area contributed by atoms with Gasteiger partial charge in [0.2, 0.25) is 17.6 Å². The Bertz CT molecular complexity index is 1070. The number of ether oxygens (including phenoxy) is 1. The lowest BCUT2D eigenvalue weighted by molar-refractivity contribution is -0.122. The smallest absolute Gasteiger partial charge is 0.231 e. The van der Waals surface area contributed by atoms with Crippen LogP contribution in [0.2, 0.25) is 0 Å². The van der Waals surface area contributed by atoms with Crippen LogP contribution in [0.5, 0.6) is 5.75 Å². The molecule has 0 saturated heterocycles. The normalized spacial score (nSPS) is 24.7. The van der Waals surface area contributed by atoms with Gasteiger partial charge in [-0.1, -0.05) is 11.2 Å². The van der Waals surface area contributed by atoms with Crippen molar-refractivity contribution >= 4 is 11.6 Å². The Morgan fingerprint density at radius 3 is 2.77 bits per heavy atom. The molecule has 2 bridgehead atoms. The van der Waals surface area contributed by atoms with Gasteiger partial charge in [-0.25, -0.2) is 4.39 Å². The molecule has 0 unspecified atom stereocenters. The molecule has 2 fully saturated rings. The summed E-state index contributed by atoms with van der Waals surface area (Å²) < 4.78 is 24.0. The van der Waals surface area contributed by atoms with Crippen LogP contribution in [-0.2, 0) is 4.79 Å². The molecule has 7 heteroatoms. The van der Waals surface area contributed by atoms with E-state index in [9.17, 15) is 9.18 Å². The van der Waals surface area contributed by atoms with E-state index in [1.54, 1.807) is 25.3 Å². The van der Waals surface area contributed by atoms with E-state index in [0.717, 1.165) is 19.3 Å². The highest BCUT2D eigenvalue weighted by Crippen LogP contribution is 2.56. The summed E-state index contributed by atoms with van der Waals surface area (Å²) in [5.74, 6) is 1.62. The van der Waals surface area contributed by atoms with Gasteiger partial charge < -0.3 is 14.6 Å². The van der Waals surface area contributed by atoms with Gasteiger partial charge in [-0.05, 0) is 67.5 Å². The first-order valence-corrected chi connectivity index (χ1v) is 10.2. The number of halogens is 1. The second-order valence-corrected chi connectivity index (χ2v) is 8.07. The molecule has 1 heterocycles. The van der Waals surface area contributed by atoms with Gasteiger partial charge in [-0.2, -0.15) is 4.98 Å². The van der Waals surface area contributed by atoms with E-state index < -0.39 is 0 Å². The Morgan fingerprint density at radius 1 is 1.17 bits per heavy atom. The van der Waals surface area contributed by atoms with Crippen LogP contribution < -0.4 is 10.1 Å². The van der Waals surface area contributed by atoms with Gasteiger partial charge >= 0.3 is 0 Å². The van der Waals surface area contributed by atoms with E-state index in [2.05, 4.69) is 15.5 Å². The van der Waals surface area contributed by atoms with Gasteiger partial charge in [0.25, 0.3) is 0 Å². The van der Waals surface area contributed by atoms with Gasteiger partial charge in [0.05, 0.1) is 18.9 Å². The van der Waals surface area contributed by atoms with Crippen LogP contribution in [0.15, 0.2) is 53.1 Å². The molecular weight excluding hydrogens is 385 g/mol. The molecule has 5 rings (SSSR count). The van der Waals surface area contributed by atoms with Crippen LogP contribution in [0.25, 0.3) is 11.4 Å². The summed E-state index contributed by atoms with van der Waals surface area (Å²) in [5, 5.41) is 7.13. The Kier molecular flexibility index (Phi) is 4.73. The molecule has 2 aliphatic rings. The van der Waals surface area contributed by atoms with Crippen molar-refractivity contribution < 1.29 is 18.4 Å². The molecule has 1 N–H and O–H groups in total. The van der Waals surface area contributed by atoms with Crippen molar-refractivity contribution in [1.82, 2.24) is 10.1 Å². The molecule has 2 saturated carbocycles. The van der Waals surface area contributed by atoms with Crippen LogP contribution >= 0.6 is 0 Å². The number of carbonyl (C=O) groups is 1. The molecule has 4 atom stereocenters. The zero-order valence-electron chi connectivity index (χ0n) is 16.5. The van der Waals surface area contributed by atoms with Gasteiger partial charge in [0.15, 0.2) is 0 Å². The van der Waals surface area contributed by atoms with Crippen molar-refractivity contribution in [2.75, 3.05) is 12.4 Å². The highest BCUT2D eigenvalue weighted by molar-refractivity contribution is 5.94. The molecule has 30 heavy (non-hydrogen) atoms. The summed E-state index contributed by atoms with van der Waals surface area (Å²) in [6, 6.07) is 13.3. The summed E-state index contributed by atoms with van der Waals surface area (Å²) in [4.78, 5) is 17.8. The zero-order chi connectivity index (χ0) is 20.7. The Labute approximate surface area is 173 Å². The molecular formula is C23H22FN3O3. The number of nitrogens with one attached hydrogen (secondary N) is 1. The fourth-order valence-electron chi connectivity index (χ4n) is 5.04. The van der Waals surface area contributed by atoms with Crippen molar-refractivity contribution in [1.29, 1.82) is 0 Å². The quantitative estimate of drug-likeness (QED) is 0.666. The lowest BCUT2D eigenvalue weighted by atomic mass is 9.78. The largest absolute Gasteiger partial charge is 0.497 e. The minimum absolute atomic E-state index is 0.0259. The average molecular weight is 407 g/mol. The van der Waals surface area contributed by atoms with E-state index in [-0.39, 0.29) is 23.6 Å². The number of hydrogen-bond donors (Lipinski definition) is 1. The molecule has 1 amide bonds. The molecule has 0 radical (unpaired) electrons. The highest BCUT2D eigenvalue weighted by Gasteiger charge is 2.53. The maximum absolute atomic E-state index is 13.2. The van der Waals surface area contributed by atoms with Crippen LogP contribution in [0.3, 0.4) is 0 Å². The molecule has 2 aliphatic carbocycles. The number of carbonyl (C=O) groups excluding carboxylic acids is 1. The molecule has 0 spiro atoms. The summed E-state index contributed by atoms with van der Waals surface area (Å²) >= 11 is 0.